The molecule has 1 saturated heterocycles. The maximum atomic E-state index is 10.3. The Kier molecular flexibility index (Phi) is 2.93. The van der Waals surface area contributed by atoms with Gasteiger partial charge in [0.1, 0.15) is 5.75 Å². The van der Waals surface area contributed by atoms with Crippen LogP contribution in [0, 0.1) is 0 Å². The van der Waals surface area contributed by atoms with E-state index in [0.29, 0.717) is 13.0 Å². The zero-order valence-corrected chi connectivity index (χ0v) is 8.74. The molecule has 0 saturated carbocycles. The first kappa shape index (κ1) is 10.5. The molecule has 1 aromatic rings. The van der Waals surface area contributed by atoms with Gasteiger partial charge in [0.2, 0.25) is 0 Å². The van der Waals surface area contributed by atoms with Crippen molar-refractivity contribution in [2.45, 2.75) is 24.9 Å². The lowest BCUT2D eigenvalue weighted by Gasteiger charge is -2.32. The molecule has 0 bridgehead atoms. The molecule has 3 N–H and O–H groups in total. The van der Waals surface area contributed by atoms with Gasteiger partial charge in [0.15, 0.2) is 0 Å². The van der Waals surface area contributed by atoms with Crippen LogP contribution < -0.4 is 5.32 Å². The van der Waals surface area contributed by atoms with E-state index in [4.69, 9.17) is 0 Å². The molecule has 1 aliphatic rings. The lowest BCUT2D eigenvalue weighted by Crippen LogP contribution is -2.47. The third-order valence-electron chi connectivity index (χ3n) is 2.96. The summed E-state index contributed by atoms with van der Waals surface area (Å²) in [5.74, 6) is 0.275. The normalized spacial score (nSPS) is 26.5. The lowest BCUT2D eigenvalue weighted by atomic mass is 9.87. The number of hydrogen-bond donors (Lipinski definition) is 3. The van der Waals surface area contributed by atoms with Crippen LogP contribution in [0.3, 0.4) is 0 Å². The predicted molar refractivity (Wildman–Crippen MR) is 58.9 cm³/mol. The number of rotatable bonds is 2. The number of piperidine rings is 1. The molecular formula is C12H17NO2. The molecule has 0 spiro atoms. The highest BCUT2D eigenvalue weighted by Crippen LogP contribution is 2.25. The highest BCUT2D eigenvalue weighted by Gasteiger charge is 2.29. The second kappa shape index (κ2) is 4.21. The minimum atomic E-state index is -0.697. The predicted octanol–water partition coefficient (Wildman–Crippen LogP) is 1.05. The van der Waals surface area contributed by atoms with Crippen LogP contribution in [0.2, 0.25) is 0 Å². The van der Waals surface area contributed by atoms with Gasteiger partial charge in [-0.15, -0.1) is 0 Å². The highest BCUT2D eigenvalue weighted by atomic mass is 16.3. The van der Waals surface area contributed by atoms with E-state index in [0.717, 1.165) is 24.9 Å². The van der Waals surface area contributed by atoms with E-state index in [1.165, 1.54) is 0 Å². The summed E-state index contributed by atoms with van der Waals surface area (Å²) in [6.45, 7) is 1.59. The zero-order chi connectivity index (χ0) is 10.7. The first-order valence-corrected chi connectivity index (χ1v) is 5.40. The first-order valence-electron chi connectivity index (χ1n) is 5.40. The van der Waals surface area contributed by atoms with E-state index in [9.17, 15) is 10.2 Å². The van der Waals surface area contributed by atoms with Crippen LogP contribution in [-0.2, 0) is 6.42 Å². The lowest BCUT2D eigenvalue weighted by molar-refractivity contribution is 0.0165. The molecule has 3 nitrogen and oxygen atoms in total. The second-order valence-electron chi connectivity index (χ2n) is 4.31. The van der Waals surface area contributed by atoms with E-state index in [1.807, 2.05) is 12.1 Å². The number of hydrogen-bond acceptors (Lipinski definition) is 3. The molecular weight excluding hydrogens is 190 g/mol. The number of benzene rings is 1. The fourth-order valence-corrected chi connectivity index (χ4v) is 2.12. The monoisotopic (exact) mass is 207 g/mol. The summed E-state index contributed by atoms with van der Waals surface area (Å²) in [5, 5.41) is 23.1. The SMILES string of the molecule is Oc1ccccc1CC1(O)CCCNC1. The van der Waals surface area contributed by atoms with Crippen LogP contribution in [0.5, 0.6) is 5.75 Å². The van der Waals surface area contributed by atoms with Crippen molar-refractivity contribution < 1.29 is 10.2 Å². The van der Waals surface area contributed by atoms with E-state index in [1.54, 1.807) is 12.1 Å². The Bertz CT molecular complexity index is 332. The topological polar surface area (TPSA) is 52.5 Å². The summed E-state index contributed by atoms with van der Waals surface area (Å²) < 4.78 is 0. The Balaban J connectivity index is 2.10. The van der Waals surface area contributed by atoms with Crippen LogP contribution in [0.15, 0.2) is 24.3 Å². The van der Waals surface area contributed by atoms with Crippen molar-refractivity contribution in [3.05, 3.63) is 29.8 Å². The van der Waals surface area contributed by atoms with Crippen molar-refractivity contribution in [2.75, 3.05) is 13.1 Å². The minimum absolute atomic E-state index is 0.275. The van der Waals surface area contributed by atoms with Crippen molar-refractivity contribution in [1.29, 1.82) is 0 Å². The van der Waals surface area contributed by atoms with E-state index in [-0.39, 0.29) is 5.75 Å². The second-order valence-corrected chi connectivity index (χ2v) is 4.31. The molecule has 1 aliphatic heterocycles. The average molecular weight is 207 g/mol. The molecule has 0 radical (unpaired) electrons. The van der Waals surface area contributed by atoms with Gasteiger partial charge in [0, 0.05) is 13.0 Å². The van der Waals surface area contributed by atoms with Gasteiger partial charge in [-0.1, -0.05) is 18.2 Å². The summed E-state index contributed by atoms with van der Waals surface area (Å²) in [7, 11) is 0. The van der Waals surface area contributed by atoms with Crippen LogP contribution in [0.4, 0.5) is 0 Å². The molecule has 0 amide bonds. The van der Waals surface area contributed by atoms with Gasteiger partial charge in [0.05, 0.1) is 5.60 Å². The van der Waals surface area contributed by atoms with Crippen LogP contribution in [0.1, 0.15) is 18.4 Å². The smallest absolute Gasteiger partial charge is 0.118 e. The summed E-state index contributed by atoms with van der Waals surface area (Å²) in [6, 6.07) is 7.20. The van der Waals surface area contributed by atoms with Crippen molar-refractivity contribution >= 4 is 0 Å². The molecule has 2 rings (SSSR count). The summed E-state index contributed by atoms with van der Waals surface area (Å²) in [4.78, 5) is 0. The average Bonchev–Trinajstić information content (AvgIpc) is 2.22. The Morgan fingerprint density at radius 3 is 2.80 bits per heavy atom. The Hall–Kier alpha value is -1.06. The maximum Gasteiger partial charge on any atom is 0.118 e. The molecule has 1 fully saturated rings. The first-order chi connectivity index (χ1) is 7.20. The molecule has 82 valence electrons. The van der Waals surface area contributed by atoms with Crippen molar-refractivity contribution in [1.82, 2.24) is 5.32 Å². The number of aromatic hydroxyl groups is 1. The fraction of sp³-hybridized carbons (Fsp3) is 0.500. The summed E-state index contributed by atoms with van der Waals surface area (Å²) in [6.07, 6.45) is 2.31. The molecule has 1 heterocycles. The molecule has 0 aliphatic carbocycles. The van der Waals surface area contributed by atoms with Gasteiger partial charge in [-0.05, 0) is 31.0 Å². The standard InChI is InChI=1S/C12H17NO2/c14-11-5-2-1-4-10(11)8-12(15)6-3-7-13-9-12/h1-2,4-5,13-15H,3,6-9H2. The molecule has 0 aromatic heterocycles. The van der Waals surface area contributed by atoms with Crippen LogP contribution in [0.25, 0.3) is 0 Å². The maximum absolute atomic E-state index is 10.3. The quantitative estimate of drug-likeness (QED) is 0.679. The largest absolute Gasteiger partial charge is 0.508 e. The van der Waals surface area contributed by atoms with Gasteiger partial charge in [-0.3, -0.25) is 0 Å². The third kappa shape index (κ3) is 2.49. The van der Waals surface area contributed by atoms with Gasteiger partial charge in [-0.2, -0.15) is 0 Å². The molecule has 1 unspecified atom stereocenters. The highest BCUT2D eigenvalue weighted by molar-refractivity contribution is 5.33. The number of nitrogens with one attached hydrogen (secondary N) is 1. The van der Waals surface area contributed by atoms with Crippen molar-refractivity contribution in [3.63, 3.8) is 0 Å². The Labute approximate surface area is 89.8 Å². The van der Waals surface area contributed by atoms with E-state index >= 15 is 0 Å². The van der Waals surface area contributed by atoms with E-state index in [2.05, 4.69) is 5.32 Å². The summed E-state index contributed by atoms with van der Waals surface area (Å²) >= 11 is 0. The van der Waals surface area contributed by atoms with Gasteiger partial charge >= 0.3 is 0 Å². The molecule has 3 heteroatoms. The number of aliphatic hydroxyl groups is 1. The van der Waals surface area contributed by atoms with Gasteiger partial charge < -0.3 is 15.5 Å². The van der Waals surface area contributed by atoms with Crippen molar-refractivity contribution in [2.24, 2.45) is 0 Å². The minimum Gasteiger partial charge on any atom is -0.508 e. The number of β-amino-alcohol motifs (C(OH)–C–C–N with tert-alkyl or cyclic N) is 1. The fourth-order valence-electron chi connectivity index (χ4n) is 2.12. The van der Waals surface area contributed by atoms with Gasteiger partial charge in [0.25, 0.3) is 0 Å². The number of para-hydroxylation sites is 1. The van der Waals surface area contributed by atoms with Gasteiger partial charge in [-0.25, -0.2) is 0 Å². The zero-order valence-electron chi connectivity index (χ0n) is 8.74. The Morgan fingerprint density at radius 2 is 2.13 bits per heavy atom. The van der Waals surface area contributed by atoms with Crippen LogP contribution in [-0.4, -0.2) is 28.9 Å². The summed E-state index contributed by atoms with van der Waals surface area (Å²) in [5.41, 5.74) is 0.126. The number of phenolic OH excluding ortho intramolecular Hbond substituents is 1. The Morgan fingerprint density at radius 1 is 1.33 bits per heavy atom. The van der Waals surface area contributed by atoms with Crippen LogP contribution >= 0.6 is 0 Å². The molecule has 15 heavy (non-hydrogen) atoms. The van der Waals surface area contributed by atoms with E-state index < -0.39 is 5.60 Å². The van der Waals surface area contributed by atoms with Crippen molar-refractivity contribution in [3.8, 4) is 5.75 Å². The molecule has 1 aromatic carbocycles. The third-order valence-corrected chi connectivity index (χ3v) is 2.96. The number of phenols is 1. The molecule has 1 atom stereocenters.